The summed E-state index contributed by atoms with van der Waals surface area (Å²) in [6.45, 7) is 1.37. The lowest BCUT2D eigenvalue weighted by Gasteiger charge is -2.04. The standard InChI is InChI=1S/C17H24N4OS/c18-10-5-2-1-3-8-16(22)20-12-9-17-21-15(13-23-17)14-7-4-6-11-19-14/h4,6-7,11,13H,1-3,5,8-10,12,18H2,(H,20,22). The Morgan fingerprint density at radius 3 is 2.83 bits per heavy atom. The number of nitrogens with one attached hydrogen (secondary N) is 1. The molecule has 0 bridgehead atoms. The second-order valence-corrected chi connectivity index (χ2v) is 6.34. The van der Waals surface area contributed by atoms with Crippen molar-refractivity contribution in [1.29, 1.82) is 0 Å². The van der Waals surface area contributed by atoms with E-state index in [4.69, 9.17) is 5.73 Å². The molecule has 0 aliphatic carbocycles. The van der Waals surface area contributed by atoms with E-state index in [0.717, 1.165) is 55.0 Å². The molecule has 124 valence electrons. The molecule has 0 atom stereocenters. The van der Waals surface area contributed by atoms with Gasteiger partial charge in [-0.2, -0.15) is 0 Å². The minimum Gasteiger partial charge on any atom is -0.356 e. The third-order valence-electron chi connectivity index (χ3n) is 3.50. The number of pyridine rings is 1. The summed E-state index contributed by atoms with van der Waals surface area (Å²) in [5.74, 6) is 0.124. The Morgan fingerprint density at radius 1 is 1.17 bits per heavy atom. The highest BCUT2D eigenvalue weighted by molar-refractivity contribution is 7.09. The minimum atomic E-state index is 0.124. The van der Waals surface area contributed by atoms with Crippen LogP contribution >= 0.6 is 11.3 Å². The van der Waals surface area contributed by atoms with E-state index in [1.165, 1.54) is 0 Å². The quantitative estimate of drug-likeness (QED) is 0.656. The predicted octanol–water partition coefficient (Wildman–Crippen LogP) is 2.77. The van der Waals surface area contributed by atoms with Crippen molar-refractivity contribution in [2.45, 2.75) is 38.5 Å². The van der Waals surface area contributed by atoms with Gasteiger partial charge in [0, 0.05) is 31.0 Å². The average Bonchev–Trinajstić information content (AvgIpc) is 3.04. The van der Waals surface area contributed by atoms with Crippen molar-refractivity contribution < 1.29 is 4.79 Å². The maximum absolute atomic E-state index is 11.7. The SMILES string of the molecule is NCCCCCCC(=O)NCCc1nc(-c2ccccn2)cs1. The van der Waals surface area contributed by atoms with Gasteiger partial charge in [-0.25, -0.2) is 4.98 Å². The smallest absolute Gasteiger partial charge is 0.220 e. The summed E-state index contributed by atoms with van der Waals surface area (Å²) in [6.07, 6.45) is 7.29. The molecule has 0 saturated heterocycles. The molecule has 2 aromatic heterocycles. The number of unbranched alkanes of at least 4 members (excludes halogenated alkanes) is 3. The van der Waals surface area contributed by atoms with Gasteiger partial charge in [0.1, 0.15) is 0 Å². The molecule has 2 rings (SSSR count). The van der Waals surface area contributed by atoms with Crippen LogP contribution in [0.15, 0.2) is 29.8 Å². The molecule has 2 heterocycles. The highest BCUT2D eigenvalue weighted by atomic mass is 32.1. The first kappa shape index (κ1) is 17.6. The van der Waals surface area contributed by atoms with Gasteiger partial charge in [0.05, 0.1) is 16.4 Å². The molecule has 0 aliphatic heterocycles. The normalized spacial score (nSPS) is 10.7. The van der Waals surface area contributed by atoms with Crippen molar-refractivity contribution in [3.05, 3.63) is 34.8 Å². The van der Waals surface area contributed by atoms with Gasteiger partial charge >= 0.3 is 0 Å². The van der Waals surface area contributed by atoms with Crippen LogP contribution in [-0.2, 0) is 11.2 Å². The van der Waals surface area contributed by atoms with Gasteiger partial charge in [0.2, 0.25) is 5.91 Å². The molecule has 1 amide bonds. The second kappa shape index (κ2) is 10.1. The van der Waals surface area contributed by atoms with Crippen molar-refractivity contribution in [1.82, 2.24) is 15.3 Å². The van der Waals surface area contributed by atoms with Crippen molar-refractivity contribution in [2.24, 2.45) is 5.73 Å². The summed E-state index contributed by atoms with van der Waals surface area (Å²) in [4.78, 5) is 20.6. The molecule has 3 N–H and O–H groups in total. The molecule has 5 nitrogen and oxygen atoms in total. The van der Waals surface area contributed by atoms with Crippen LogP contribution in [0.4, 0.5) is 0 Å². The van der Waals surface area contributed by atoms with Crippen LogP contribution in [0.5, 0.6) is 0 Å². The number of thiazole rings is 1. The van der Waals surface area contributed by atoms with Gasteiger partial charge in [-0.1, -0.05) is 18.9 Å². The Bertz CT molecular complexity index is 585. The zero-order chi connectivity index (χ0) is 16.3. The molecule has 0 aromatic carbocycles. The predicted molar refractivity (Wildman–Crippen MR) is 94.2 cm³/mol. The van der Waals surface area contributed by atoms with E-state index in [1.807, 2.05) is 23.6 Å². The van der Waals surface area contributed by atoms with Crippen LogP contribution in [0.2, 0.25) is 0 Å². The molecule has 0 aliphatic rings. The van der Waals surface area contributed by atoms with Crippen LogP contribution in [0.1, 0.15) is 37.1 Å². The molecule has 0 saturated carbocycles. The summed E-state index contributed by atoms with van der Waals surface area (Å²) in [5.41, 5.74) is 7.23. The Balaban J connectivity index is 1.65. The molecular formula is C17H24N4OS. The third-order valence-corrected chi connectivity index (χ3v) is 4.41. The number of nitrogens with two attached hydrogens (primary N) is 1. The lowest BCUT2D eigenvalue weighted by molar-refractivity contribution is -0.121. The molecule has 0 unspecified atom stereocenters. The van der Waals surface area contributed by atoms with E-state index in [2.05, 4.69) is 15.3 Å². The molecule has 0 spiro atoms. The van der Waals surface area contributed by atoms with E-state index in [0.29, 0.717) is 13.0 Å². The average molecular weight is 332 g/mol. The minimum absolute atomic E-state index is 0.124. The number of carbonyl (C=O) groups excluding carboxylic acids is 1. The van der Waals surface area contributed by atoms with Gasteiger partial charge in [-0.3, -0.25) is 9.78 Å². The van der Waals surface area contributed by atoms with Crippen LogP contribution < -0.4 is 11.1 Å². The molecule has 2 aromatic rings. The summed E-state index contributed by atoms with van der Waals surface area (Å²) in [7, 11) is 0. The number of rotatable bonds is 10. The Labute approximate surface area is 141 Å². The zero-order valence-electron chi connectivity index (χ0n) is 13.3. The van der Waals surface area contributed by atoms with Crippen molar-refractivity contribution >= 4 is 17.2 Å². The molecule has 0 radical (unpaired) electrons. The molecule has 0 fully saturated rings. The van der Waals surface area contributed by atoms with Crippen LogP contribution in [0.25, 0.3) is 11.4 Å². The number of aromatic nitrogens is 2. The lowest BCUT2D eigenvalue weighted by atomic mass is 10.1. The number of nitrogens with zero attached hydrogens (tertiary/aromatic N) is 2. The monoisotopic (exact) mass is 332 g/mol. The van der Waals surface area contributed by atoms with Crippen LogP contribution in [0.3, 0.4) is 0 Å². The molecule has 6 heteroatoms. The summed E-state index contributed by atoms with van der Waals surface area (Å²) < 4.78 is 0. The maximum atomic E-state index is 11.7. The summed E-state index contributed by atoms with van der Waals surface area (Å²) >= 11 is 1.61. The first-order chi connectivity index (χ1) is 11.3. The largest absolute Gasteiger partial charge is 0.356 e. The lowest BCUT2D eigenvalue weighted by Crippen LogP contribution is -2.25. The van der Waals surface area contributed by atoms with E-state index in [1.54, 1.807) is 17.5 Å². The van der Waals surface area contributed by atoms with Gasteiger partial charge in [-0.05, 0) is 31.5 Å². The topological polar surface area (TPSA) is 80.9 Å². The molecule has 23 heavy (non-hydrogen) atoms. The van der Waals surface area contributed by atoms with Gasteiger partial charge in [0.15, 0.2) is 0 Å². The first-order valence-corrected chi connectivity index (χ1v) is 9.00. The maximum Gasteiger partial charge on any atom is 0.220 e. The third kappa shape index (κ3) is 6.46. The zero-order valence-corrected chi connectivity index (χ0v) is 14.1. The summed E-state index contributed by atoms with van der Waals surface area (Å²) in [6, 6.07) is 5.79. The Hall–Kier alpha value is -1.79. The fourth-order valence-corrected chi connectivity index (χ4v) is 3.03. The van der Waals surface area contributed by atoms with E-state index >= 15 is 0 Å². The van der Waals surface area contributed by atoms with Crippen molar-refractivity contribution in [3.8, 4) is 11.4 Å². The van der Waals surface area contributed by atoms with Gasteiger partial charge < -0.3 is 11.1 Å². The van der Waals surface area contributed by atoms with Crippen LogP contribution in [0, 0.1) is 0 Å². The first-order valence-electron chi connectivity index (χ1n) is 8.12. The summed E-state index contributed by atoms with van der Waals surface area (Å²) in [5, 5.41) is 5.99. The van der Waals surface area contributed by atoms with E-state index in [-0.39, 0.29) is 5.91 Å². The van der Waals surface area contributed by atoms with E-state index < -0.39 is 0 Å². The Morgan fingerprint density at radius 2 is 2.04 bits per heavy atom. The van der Waals surface area contributed by atoms with E-state index in [9.17, 15) is 4.79 Å². The highest BCUT2D eigenvalue weighted by Gasteiger charge is 2.06. The fourth-order valence-electron chi connectivity index (χ4n) is 2.24. The highest BCUT2D eigenvalue weighted by Crippen LogP contribution is 2.19. The number of carbonyl (C=O) groups is 1. The van der Waals surface area contributed by atoms with Crippen molar-refractivity contribution in [2.75, 3.05) is 13.1 Å². The van der Waals surface area contributed by atoms with Gasteiger partial charge in [-0.15, -0.1) is 11.3 Å². The van der Waals surface area contributed by atoms with Gasteiger partial charge in [0.25, 0.3) is 0 Å². The number of amides is 1. The number of hydrogen-bond acceptors (Lipinski definition) is 5. The van der Waals surface area contributed by atoms with Crippen LogP contribution in [-0.4, -0.2) is 29.0 Å². The fraction of sp³-hybridized carbons (Fsp3) is 0.471. The molecular weight excluding hydrogens is 308 g/mol. The number of hydrogen-bond donors (Lipinski definition) is 2. The second-order valence-electron chi connectivity index (χ2n) is 5.39. The van der Waals surface area contributed by atoms with Crippen molar-refractivity contribution in [3.63, 3.8) is 0 Å². The Kier molecular flexibility index (Phi) is 7.69.